The van der Waals surface area contributed by atoms with Crippen LogP contribution in [0.2, 0.25) is 0 Å². The quantitative estimate of drug-likeness (QED) is 0.719. The molecule has 1 aromatic heterocycles. The molecule has 0 aromatic carbocycles. The number of aryl methyl sites for hydroxylation is 1. The summed E-state index contributed by atoms with van der Waals surface area (Å²) in [6, 6.07) is 0. The Balaban J connectivity index is 2.95. The second kappa shape index (κ2) is 4.13. The molecule has 5 heteroatoms. The maximum atomic E-state index is 5.63. The first-order chi connectivity index (χ1) is 6.15. The van der Waals surface area contributed by atoms with Gasteiger partial charge in [0.15, 0.2) is 5.05 Å². The second-order valence-electron chi connectivity index (χ2n) is 2.44. The highest BCUT2D eigenvalue weighted by atomic mass is 32.1. The smallest absolute Gasteiger partial charge is 0.196 e. The van der Waals surface area contributed by atoms with Crippen LogP contribution < -0.4 is 5.73 Å². The topological polar surface area (TPSA) is 61.0 Å². The summed E-state index contributed by atoms with van der Waals surface area (Å²) in [6.07, 6.45) is 1.58. The zero-order valence-corrected chi connectivity index (χ0v) is 8.39. The number of hydrogen-bond donors (Lipinski definition) is 1. The summed E-state index contributed by atoms with van der Waals surface area (Å²) in [5.74, 6) is 0.992. The Labute approximate surface area is 82.1 Å². The summed E-state index contributed by atoms with van der Waals surface area (Å²) in [5.41, 5.74) is 6.22. The normalized spacial score (nSPS) is 9.69. The summed E-state index contributed by atoms with van der Waals surface area (Å²) in [5, 5.41) is 0.347. The first kappa shape index (κ1) is 9.85. The van der Waals surface area contributed by atoms with Gasteiger partial charge < -0.3 is 10.5 Å². The van der Waals surface area contributed by atoms with Crippen LogP contribution in [0, 0.1) is 6.92 Å². The molecule has 0 saturated carbocycles. The van der Waals surface area contributed by atoms with Gasteiger partial charge in [-0.2, -0.15) is 0 Å². The third-order valence-electron chi connectivity index (χ3n) is 1.43. The third-order valence-corrected chi connectivity index (χ3v) is 1.77. The monoisotopic (exact) mass is 197 g/mol. The van der Waals surface area contributed by atoms with Gasteiger partial charge in [-0.1, -0.05) is 0 Å². The first-order valence-electron chi connectivity index (χ1n) is 3.91. The molecule has 0 bridgehead atoms. The number of hydrogen-bond acceptors (Lipinski definition) is 5. The van der Waals surface area contributed by atoms with Crippen LogP contribution in [-0.4, -0.2) is 21.6 Å². The Morgan fingerprint density at radius 2 is 2.38 bits per heavy atom. The molecule has 0 aliphatic rings. The number of ether oxygens (including phenoxy) is 1. The van der Waals surface area contributed by atoms with Gasteiger partial charge >= 0.3 is 0 Å². The Kier molecular flexibility index (Phi) is 3.13. The molecule has 0 spiro atoms. The van der Waals surface area contributed by atoms with Crippen LogP contribution >= 0.6 is 12.2 Å². The van der Waals surface area contributed by atoms with Crippen molar-refractivity contribution < 1.29 is 4.74 Å². The molecule has 0 aliphatic heterocycles. The van der Waals surface area contributed by atoms with E-state index in [9.17, 15) is 0 Å². The van der Waals surface area contributed by atoms with Crippen molar-refractivity contribution in [1.29, 1.82) is 0 Å². The molecule has 70 valence electrons. The lowest BCUT2D eigenvalue weighted by Gasteiger charge is -2.06. The molecule has 13 heavy (non-hydrogen) atoms. The van der Waals surface area contributed by atoms with Gasteiger partial charge in [0.2, 0.25) is 0 Å². The molecule has 0 fully saturated rings. The minimum Gasteiger partial charge on any atom is -0.483 e. The van der Waals surface area contributed by atoms with Gasteiger partial charge in [0.1, 0.15) is 11.6 Å². The first-order valence-corrected chi connectivity index (χ1v) is 4.32. The van der Waals surface area contributed by atoms with E-state index in [1.54, 1.807) is 13.1 Å². The van der Waals surface area contributed by atoms with E-state index in [-0.39, 0.29) is 0 Å². The maximum absolute atomic E-state index is 5.63. The van der Waals surface area contributed by atoms with Crippen LogP contribution in [0.25, 0.3) is 0 Å². The van der Waals surface area contributed by atoms with Crippen molar-refractivity contribution in [3.63, 3.8) is 0 Å². The molecule has 1 heterocycles. The molecule has 0 saturated heterocycles. The van der Waals surface area contributed by atoms with Crippen molar-refractivity contribution in [1.82, 2.24) is 9.97 Å². The molecule has 0 amide bonds. The van der Waals surface area contributed by atoms with E-state index in [4.69, 9.17) is 22.7 Å². The summed E-state index contributed by atoms with van der Waals surface area (Å²) < 4.78 is 5.12. The van der Waals surface area contributed by atoms with Crippen molar-refractivity contribution in [2.24, 2.45) is 0 Å². The fraction of sp³-hybridized carbons (Fsp3) is 0.375. The molecular weight excluding hydrogens is 186 g/mol. The molecule has 4 nitrogen and oxygen atoms in total. The Morgan fingerprint density at radius 1 is 1.69 bits per heavy atom. The lowest BCUT2D eigenvalue weighted by Crippen LogP contribution is -2.09. The SMILES string of the molecule is CCOC(=S)c1cnc(C)nc1N. The Hall–Kier alpha value is -1.23. The fourth-order valence-electron chi connectivity index (χ4n) is 0.854. The summed E-state index contributed by atoms with van der Waals surface area (Å²) in [6.45, 7) is 4.15. The molecule has 0 unspecified atom stereocenters. The number of rotatable bonds is 2. The van der Waals surface area contributed by atoms with Gasteiger partial charge in [-0.25, -0.2) is 9.97 Å². The van der Waals surface area contributed by atoms with E-state index < -0.39 is 0 Å². The van der Waals surface area contributed by atoms with E-state index in [1.807, 2.05) is 6.92 Å². The van der Waals surface area contributed by atoms with Gasteiger partial charge in [0.25, 0.3) is 0 Å². The summed E-state index contributed by atoms with van der Waals surface area (Å²) in [4.78, 5) is 7.96. The largest absolute Gasteiger partial charge is 0.483 e. The van der Waals surface area contributed by atoms with E-state index in [2.05, 4.69) is 9.97 Å². The predicted octanol–water partition coefficient (Wildman–Crippen LogP) is 1.08. The minimum absolute atomic E-state index is 0.347. The van der Waals surface area contributed by atoms with Gasteiger partial charge in [-0.05, 0) is 26.1 Å². The van der Waals surface area contributed by atoms with Crippen molar-refractivity contribution in [3.8, 4) is 0 Å². The average Bonchev–Trinajstić information content (AvgIpc) is 2.04. The average molecular weight is 197 g/mol. The molecule has 0 aliphatic carbocycles. The number of nitrogens with two attached hydrogens (primary N) is 1. The maximum Gasteiger partial charge on any atom is 0.196 e. The lowest BCUT2D eigenvalue weighted by molar-refractivity contribution is 0.337. The van der Waals surface area contributed by atoms with Crippen LogP contribution in [0.4, 0.5) is 5.82 Å². The van der Waals surface area contributed by atoms with Gasteiger partial charge in [-0.3, -0.25) is 0 Å². The third kappa shape index (κ3) is 2.35. The van der Waals surface area contributed by atoms with E-state index >= 15 is 0 Å². The molecular formula is C8H11N3OS. The number of nitrogen functional groups attached to an aromatic ring is 1. The van der Waals surface area contributed by atoms with Crippen LogP contribution in [0.15, 0.2) is 6.20 Å². The van der Waals surface area contributed by atoms with Gasteiger partial charge in [0, 0.05) is 6.20 Å². The zero-order valence-electron chi connectivity index (χ0n) is 7.57. The number of aromatic nitrogens is 2. The number of nitrogens with zero attached hydrogens (tertiary/aromatic N) is 2. The van der Waals surface area contributed by atoms with E-state index in [0.717, 1.165) is 0 Å². The summed E-state index contributed by atoms with van der Waals surface area (Å²) in [7, 11) is 0. The number of anilines is 1. The number of thiocarbonyl (C=S) groups is 1. The fourth-order valence-corrected chi connectivity index (χ4v) is 1.13. The van der Waals surface area contributed by atoms with Crippen molar-refractivity contribution >= 4 is 23.1 Å². The zero-order chi connectivity index (χ0) is 9.84. The standard InChI is InChI=1S/C8H11N3OS/c1-3-12-8(13)6-4-10-5(2)11-7(6)9/h4H,3H2,1-2H3,(H2,9,10,11). The lowest BCUT2D eigenvalue weighted by atomic mass is 10.3. The predicted molar refractivity (Wildman–Crippen MR) is 54.5 cm³/mol. The second-order valence-corrected chi connectivity index (χ2v) is 2.81. The molecule has 2 N–H and O–H groups in total. The molecule has 0 radical (unpaired) electrons. The van der Waals surface area contributed by atoms with Crippen LogP contribution in [-0.2, 0) is 4.74 Å². The van der Waals surface area contributed by atoms with E-state index in [0.29, 0.717) is 28.9 Å². The van der Waals surface area contributed by atoms with E-state index in [1.165, 1.54) is 0 Å². The van der Waals surface area contributed by atoms with Crippen molar-refractivity contribution in [3.05, 3.63) is 17.6 Å². The Morgan fingerprint density at radius 3 is 2.92 bits per heavy atom. The molecule has 1 rings (SSSR count). The van der Waals surface area contributed by atoms with Crippen LogP contribution in [0.5, 0.6) is 0 Å². The minimum atomic E-state index is 0.347. The summed E-state index contributed by atoms with van der Waals surface area (Å²) >= 11 is 4.97. The van der Waals surface area contributed by atoms with Crippen molar-refractivity contribution in [2.45, 2.75) is 13.8 Å². The van der Waals surface area contributed by atoms with Crippen LogP contribution in [0.1, 0.15) is 18.3 Å². The molecule has 1 aromatic rings. The highest BCUT2D eigenvalue weighted by molar-refractivity contribution is 7.80. The van der Waals surface area contributed by atoms with Gasteiger partial charge in [0.05, 0.1) is 12.2 Å². The molecule has 0 atom stereocenters. The van der Waals surface area contributed by atoms with Crippen LogP contribution in [0.3, 0.4) is 0 Å². The highest BCUT2D eigenvalue weighted by Gasteiger charge is 2.07. The van der Waals surface area contributed by atoms with Crippen molar-refractivity contribution in [2.75, 3.05) is 12.3 Å². The Bertz CT molecular complexity index is 327. The van der Waals surface area contributed by atoms with Gasteiger partial charge in [-0.15, -0.1) is 0 Å². The highest BCUT2D eigenvalue weighted by Crippen LogP contribution is 2.09.